The number of hydrogen-bond acceptors (Lipinski definition) is 14. The van der Waals surface area contributed by atoms with Crippen molar-refractivity contribution in [3.8, 4) is 0 Å². The van der Waals surface area contributed by atoms with E-state index in [2.05, 4.69) is 34.1 Å². The Morgan fingerprint density at radius 1 is 0.283 bits per heavy atom. The molecule has 0 aliphatic rings. The van der Waals surface area contributed by atoms with Crippen LogP contribution in [-0.4, -0.2) is 141 Å². The van der Waals surface area contributed by atoms with E-state index in [0.717, 1.165) is 87.4 Å². The molecule has 0 saturated carbocycles. The molecule has 60 heavy (non-hydrogen) atoms. The molecule has 1 aromatic carbocycles. The van der Waals surface area contributed by atoms with E-state index < -0.39 is 35.2 Å². The van der Waals surface area contributed by atoms with Crippen LogP contribution in [0.1, 0.15) is 109 Å². The second kappa shape index (κ2) is 33.7. The van der Waals surface area contributed by atoms with Gasteiger partial charge in [0.2, 0.25) is 0 Å². The van der Waals surface area contributed by atoms with Crippen molar-refractivity contribution in [2.45, 2.75) is 133 Å². The van der Waals surface area contributed by atoms with E-state index in [0.29, 0.717) is 79.3 Å². The first kappa shape index (κ1) is 57.2. The average Bonchev–Trinajstić information content (AvgIpc) is 3.21. The Labute approximate surface area is 370 Å². The Morgan fingerprint density at radius 3 is 0.567 bits per heavy atom. The van der Waals surface area contributed by atoms with Crippen LogP contribution in [0.4, 0.5) is 11.4 Å². The topological polar surface area (TPSA) is 117 Å². The van der Waals surface area contributed by atoms with Gasteiger partial charge < -0.3 is 62.9 Å². The van der Waals surface area contributed by atoms with Crippen LogP contribution in [-0.2, 0) is 53.1 Å². The molecule has 0 aliphatic heterocycles. The van der Waals surface area contributed by atoms with Gasteiger partial charge in [-0.3, -0.25) is 0 Å². The van der Waals surface area contributed by atoms with E-state index in [-0.39, 0.29) is 0 Å². The zero-order valence-electron chi connectivity index (χ0n) is 40.1. The number of rotatable bonds is 42. The Kier molecular flexibility index (Phi) is 32.1. The molecule has 0 heterocycles. The quantitative estimate of drug-likeness (QED) is 0.0581. The standard InChI is InChI=1S/C42H88N2O12Si4/c1-13-45-57(46-14-2,47-15-3)37-25-33-43(34-26-38-58(48-16-4,49-17-5)50-18-6)41-29-31-42(32-30-41)44(35-27-39-59(51-19-7,52-20-8)53-21-9)36-28-40-60(54-22-10,55-23-11)56-24-12/h29-32H,13-28,33-40H2,1-12H3. The van der Waals surface area contributed by atoms with Gasteiger partial charge in [-0.25, -0.2) is 0 Å². The summed E-state index contributed by atoms with van der Waals surface area (Å²) in [6, 6.07) is 12.0. The smallest absolute Gasteiger partial charge is 0.374 e. The second-order valence-corrected chi connectivity index (χ2v) is 24.8. The minimum atomic E-state index is -2.80. The number of hydrogen-bond donors (Lipinski definition) is 0. The molecule has 0 radical (unpaired) electrons. The molecule has 0 aromatic heterocycles. The van der Waals surface area contributed by atoms with E-state index in [4.69, 9.17) is 53.1 Å². The van der Waals surface area contributed by atoms with Gasteiger partial charge in [-0.05, 0) is 133 Å². The highest BCUT2D eigenvalue weighted by molar-refractivity contribution is 6.61. The van der Waals surface area contributed by atoms with Gasteiger partial charge in [0.25, 0.3) is 0 Å². The van der Waals surface area contributed by atoms with E-state index >= 15 is 0 Å². The predicted molar refractivity (Wildman–Crippen MR) is 251 cm³/mol. The third kappa shape index (κ3) is 20.8. The average molecular weight is 926 g/mol. The first-order chi connectivity index (χ1) is 29.1. The first-order valence-electron chi connectivity index (χ1n) is 23.3. The van der Waals surface area contributed by atoms with Crippen LogP contribution in [0, 0.1) is 0 Å². The maximum atomic E-state index is 6.22. The summed E-state index contributed by atoms with van der Waals surface area (Å²) in [6.07, 6.45) is 3.45. The second-order valence-electron chi connectivity index (χ2n) is 13.8. The zero-order valence-corrected chi connectivity index (χ0v) is 44.1. The van der Waals surface area contributed by atoms with Crippen molar-refractivity contribution in [2.24, 2.45) is 0 Å². The van der Waals surface area contributed by atoms with E-state index in [1.54, 1.807) is 0 Å². The van der Waals surface area contributed by atoms with Crippen molar-refractivity contribution in [2.75, 3.05) is 115 Å². The third-order valence-corrected chi connectivity index (χ3v) is 22.2. The Morgan fingerprint density at radius 2 is 0.433 bits per heavy atom. The minimum absolute atomic E-state index is 0.561. The van der Waals surface area contributed by atoms with Crippen molar-refractivity contribution in [1.29, 1.82) is 0 Å². The fourth-order valence-corrected chi connectivity index (χ4v) is 17.9. The summed E-state index contributed by atoms with van der Waals surface area (Å²) in [5, 5.41) is 0. The normalized spacial score (nSPS) is 12.7. The molecule has 0 amide bonds. The van der Waals surface area contributed by atoms with Gasteiger partial charge in [0.1, 0.15) is 0 Å². The van der Waals surface area contributed by atoms with Crippen molar-refractivity contribution < 1.29 is 53.1 Å². The predicted octanol–water partition coefficient (Wildman–Crippen LogP) is 9.05. The molecule has 0 unspecified atom stereocenters. The molecule has 1 rings (SSSR count). The first-order valence-corrected chi connectivity index (χ1v) is 31.1. The summed E-state index contributed by atoms with van der Waals surface area (Å²) in [4.78, 5) is 4.91. The Balaban J connectivity index is 3.52. The van der Waals surface area contributed by atoms with Gasteiger partial charge in [0.15, 0.2) is 0 Å². The van der Waals surface area contributed by atoms with Gasteiger partial charge in [-0.15, -0.1) is 0 Å². The lowest BCUT2D eigenvalue weighted by atomic mass is 10.2. The van der Waals surface area contributed by atoms with Gasteiger partial charge >= 0.3 is 35.2 Å². The van der Waals surface area contributed by atoms with Crippen molar-refractivity contribution in [3.63, 3.8) is 0 Å². The fraction of sp³-hybridized carbons (Fsp3) is 0.857. The van der Waals surface area contributed by atoms with Crippen molar-refractivity contribution in [1.82, 2.24) is 0 Å². The van der Waals surface area contributed by atoms with Crippen molar-refractivity contribution in [3.05, 3.63) is 24.3 Å². The minimum Gasteiger partial charge on any atom is -0.374 e. The maximum Gasteiger partial charge on any atom is 0.500 e. The molecule has 1 aromatic rings. The molecule has 354 valence electrons. The lowest BCUT2D eigenvalue weighted by molar-refractivity contribution is 0.0698. The SMILES string of the molecule is CCO[Si](CCCN(CCC[Si](OCC)(OCC)OCC)c1ccc(N(CCC[Si](OCC)(OCC)OCC)CCC[Si](OCC)(OCC)OCC)cc1)(OCC)OCC. The highest BCUT2D eigenvalue weighted by atomic mass is 28.4. The van der Waals surface area contributed by atoms with Crippen LogP contribution in [0.3, 0.4) is 0 Å². The summed E-state index contributed by atoms with van der Waals surface area (Å²) < 4.78 is 74.6. The summed E-state index contributed by atoms with van der Waals surface area (Å²) in [7, 11) is -11.2. The van der Waals surface area contributed by atoms with Crippen LogP contribution in [0.25, 0.3) is 0 Å². The molecular formula is C42H88N2O12Si4. The molecule has 0 aliphatic carbocycles. The van der Waals surface area contributed by atoms with Crippen LogP contribution in [0.15, 0.2) is 24.3 Å². The summed E-state index contributed by atoms with van der Waals surface area (Å²) in [6.45, 7) is 34.1. The number of benzene rings is 1. The largest absolute Gasteiger partial charge is 0.500 e. The highest BCUT2D eigenvalue weighted by Crippen LogP contribution is 2.28. The Bertz CT molecular complexity index is 947. The number of nitrogens with zero attached hydrogens (tertiary/aromatic N) is 2. The van der Waals surface area contributed by atoms with E-state index in [1.807, 2.05) is 83.1 Å². The summed E-state index contributed by atoms with van der Waals surface area (Å²) >= 11 is 0. The molecular weight excluding hydrogens is 837 g/mol. The van der Waals surface area contributed by atoms with Crippen molar-refractivity contribution >= 4 is 46.6 Å². The lowest BCUT2D eigenvalue weighted by Crippen LogP contribution is -2.47. The van der Waals surface area contributed by atoms with Gasteiger partial charge in [-0.1, -0.05) is 0 Å². The van der Waals surface area contributed by atoms with Gasteiger partial charge in [0, 0.05) is 141 Å². The molecule has 0 spiro atoms. The fourth-order valence-electron chi connectivity index (χ4n) is 7.56. The number of anilines is 2. The highest BCUT2D eigenvalue weighted by Gasteiger charge is 2.43. The van der Waals surface area contributed by atoms with Crippen LogP contribution < -0.4 is 9.80 Å². The van der Waals surface area contributed by atoms with Crippen LogP contribution in [0.2, 0.25) is 24.2 Å². The third-order valence-electron chi connectivity index (χ3n) is 9.59. The molecule has 18 heteroatoms. The van der Waals surface area contributed by atoms with Crippen LogP contribution in [0.5, 0.6) is 0 Å². The monoisotopic (exact) mass is 925 g/mol. The molecule has 0 N–H and O–H groups in total. The maximum absolute atomic E-state index is 6.22. The van der Waals surface area contributed by atoms with E-state index in [9.17, 15) is 0 Å². The summed E-state index contributed by atoms with van der Waals surface area (Å²) in [5.41, 5.74) is 2.30. The van der Waals surface area contributed by atoms with Gasteiger partial charge in [0.05, 0.1) is 0 Å². The lowest BCUT2D eigenvalue weighted by Gasteiger charge is -2.33. The zero-order chi connectivity index (χ0) is 44.6. The van der Waals surface area contributed by atoms with Gasteiger partial charge in [-0.2, -0.15) is 0 Å². The molecule has 0 saturated heterocycles. The molecule has 0 fully saturated rings. The van der Waals surface area contributed by atoms with Crippen LogP contribution >= 0.6 is 0 Å². The van der Waals surface area contributed by atoms with E-state index in [1.165, 1.54) is 0 Å². The molecule has 0 atom stereocenters. The molecule has 14 nitrogen and oxygen atoms in total. The molecule has 0 bridgehead atoms. The summed E-state index contributed by atoms with van der Waals surface area (Å²) in [5.74, 6) is 0. The Hall–Kier alpha value is -0.792.